The number of amides is 2. The molecule has 2 amide bonds. The highest BCUT2D eigenvalue weighted by Crippen LogP contribution is 2.44. The van der Waals surface area contributed by atoms with E-state index in [1.54, 1.807) is 5.57 Å². The molecule has 5 rings (SSSR count). The minimum absolute atomic E-state index is 0.119. The summed E-state index contributed by atoms with van der Waals surface area (Å²) >= 11 is 0. The highest BCUT2D eigenvalue weighted by Gasteiger charge is 2.46. The second kappa shape index (κ2) is 7.31. The van der Waals surface area contributed by atoms with Gasteiger partial charge in [-0.15, -0.1) is 0 Å². The third kappa shape index (κ3) is 3.29. The minimum Gasteiger partial charge on any atom is -0.334 e. The maximum Gasteiger partial charge on any atom is 0.318 e. The number of likely N-dealkylation sites (tertiary alicyclic amines) is 1. The molecule has 0 spiro atoms. The van der Waals surface area contributed by atoms with Crippen LogP contribution < -0.4 is 5.32 Å². The van der Waals surface area contributed by atoms with Crippen LogP contribution in [-0.4, -0.2) is 47.5 Å². The van der Waals surface area contributed by atoms with Crippen molar-refractivity contribution in [3.05, 3.63) is 47.5 Å². The van der Waals surface area contributed by atoms with Crippen LogP contribution in [0.1, 0.15) is 44.1 Å². The molecule has 1 aromatic carbocycles. The highest BCUT2D eigenvalue weighted by atomic mass is 16.2. The fraction of sp³-hybridized carbons (Fsp3) is 0.609. The first kappa shape index (κ1) is 17.3. The second-order valence-electron chi connectivity index (χ2n) is 8.85. The van der Waals surface area contributed by atoms with E-state index >= 15 is 0 Å². The van der Waals surface area contributed by atoms with E-state index in [1.807, 2.05) is 18.2 Å². The van der Waals surface area contributed by atoms with Gasteiger partial charge in [-0.05, 0) is 56.0 Å². The summed E-state index contributed by atoms with van der Waals surface area (Å²) in [5, 5.41) is 3.18. The summed E-state index contributed by atoms with van der Waals surface area (Å²) < 4.78 is 0. The van der Waals surface area contributed by atoms with Crippen molar-refractivity contribution in [2.24, 2.45) is 11.8 Å². The Kier molecular flexibility index (Phi) is 4.68. The fourth-order valence-electron chi connectivity index (χ4n) is 6.08. The zero-order chi connectivity index (χ0) is 18.2. The molecule has 4 nitrogen and oxygen atoms in total. The first-order chi connectivity index (χ1) is 13.3. The van der Waals surface area contributed by atoms with Gasteiger partial charge in [-0.2, -0.15) is 0 Å². The lowest BCUT2D eigenvalue weighted by Crippen LogP contribution is -2.61. The molecule has 2 unspecified atom stereocenters. The molecular formula is C23H31N3O. The number of rotatable bonds is 2. The van der Waals surface area contributed by atoms with Crippen LogP contribution in [0.15, 0.2) is 42.0 Å². The average Bonchev–Trinajstić information content (AvgIpc) is 2.72. The summed E-state index contributed by atoms with van der Waals surface area (Å²) in [6.45, 7) is 3.95. The molecule has 0 saturated carbocycles. The number of nitrogens with zero attached hydrogens (tertiary/aromatic N) is 2. The monoisotopic (exact) mass is 365 g/mol. The molecule has 4 atom stereocenters. The van der Waals surface area contributed by atoms with Gasteiger partial charge >= 0.3 is 6.03 Å². The standard InChI is InChI=1S/C23H31N3O/c27-23(24-15-17-7-2-1-3-8-17)26-12-6-9-18-13-19-14-20(22(18)26)16-25-11-5-4-10-21(19)25/h1-3,7-8,13,19-22H,4-6,9-12,14-16H2,(H,24,27)/t19-,20-,21?,22?/m0/s1. The molecule has 3 fully saturated rings. The van der Waals surface area contributed by atoms with Crippen molar-refractivity contribution < 1.29 is 4.79 Å². The van der Waals surface area contributed by atoms with Crippen molar-refractivity contribution in [2.45, 2.75) is 57.2 Å². The number of fused-ring (bicyclic) bond motifs is 6. The third-order valence-corrected chi connectivity index (χ3v) is 7.20. The Morgan fingerprint density at radius 3 is 2.89 bits per heavy atom. The Bertz CT molecular complexity index is 716. The molecule has 0 aromatic heterocycles. The van der Waals surface area contributed by atoms with E-state index in [2.05, 4.69) is 33.3 Å². The number of nitrogens with one attached hydrogen (secondary N) is 1. The van der Waals surface area contributed by atoms with E-state index in [1.165, 1.54) is 45.2 Å². The largest absolute Gasteiger partial charge is 0.334 e. The van der Waals surface area contributed by atoms with Gasteiger partial charge in [0.15, 0.2) is 0 Å². The van der Waals surface area contributed by atoms with E-state index in [0.29, 0.717) is 18.5 Å². The van der Waals surface area contributed by atoms with Gasteiger partial charge in [-0.25, -0.2) is 4.79 Å². The summed E-state index contributed by atoms with van der Waals surface area (Å²) in [5.74, 6) is 1.34. The van der Waals surface area contributed by atoms with Crippen molar-refractivity contribution in [3.8, 4) is 0 Å². The number of carbonyl (C=O) groups excluding carboxylic acids is 1. The lowest BCUT2D eigenvalue weighted by atomic mass is 9.68. The van der Waals surface area contributed by atoms with Crippen LogP contribution >= 0.6 is 0 Å². The molecule has 27 heavy (non-hydrogen) atoms. The molecular weight excluding hydrogens is 334 g/mol. The van der Waals surface area contributed by atoms with Crippen molar-refractivity contribution in [1.29, 1.82) is 0 Å². The van der Waals surface area contributed by atoms with Gasteiger partial charge in [-0.3, -0.25) is 4.90 Å². The molecule has 2 bridgehead atoms. The number of carbonyl (C=O) groups is 1. The van der Waals surface area contributed by atoms with Crippen LogP contribution in [-0.2, 0) is 6.54 Å². The lowest BCUT2D eigenvalue weighted by molar-refractivity contribution is 0.00788. The molecule has 1 aliphatic carbocycles. The van der Waals surface area contributed by atoms with Gasteiger partial charge in [0.05, 0.1) is 6.04 Å². The molecule has 4 heteroatoms. The van der Waals surface area contributed by atoms with Gasteiger partial charge < -0.3 is 10.2 Å². The van der Waals surface area contributed by atoms with Crippen molar-refractivity contribution >= 4 is 6.03 Å². The molecule has 1 N–H and O–H groups in total. The zero-order valence-electron chi connectivity index (χ0n) is 16.1. The van der Waals surface area contributed by atoms with Crippen LogP contribution in [0.4, 0.5) is 4.79 Å². The van der Waals surface area contributed by atoms with Crippen LogP contribution in [0.3, 0.4) is 0 Å². The van der Waals surface area contributed by atoms with Crippen LogP contribution in [0.5, 0.6) is 0 Å². The number of urea groups is 1. The number of benzene rings is 1. The van der Waals surface area contributed by atoms with Crippen molar-refractivity contribution in [3.63, 3.8) is 0 Å². The predicted octanol–water partition coefficient (Wildman–Crippen LogP) is 3.79. The normalized spacial score (nSPS) is 32.9. The van der Waals surface area contributed by atoms with E-state index in [-0.39, 0.29) is 6.03 Å². The van der Waals surface area contributed by atoms with Crippen molar-refractivity contribution in [1.82, 2.24) is 15.1 Å². The van der Waals surface area contributed by atoms with Crippen molar-refractivity contribution in [2.75, 3.05) is 19.6 Å². The Balaban J connectivity index is 1.33. The second-order valence-corrected chi connectivity index (χ2v) is 8.85. The Morgan fingerprint density at radius 1 is 1.11 bits per heavy atom. The molecule has 1 aromatic rings. The molecule has 144 valence electrons. The van der Waals surface area contributed by atoms with E-state index in [9.17, 15) is 4.79 Å². The molecule has 3 aliphatic heterocycles. The van der Waals surface area contributed by atoms with Crippen LogP contribution in [0.25, 0.3) is 0 Å². The SMILES string of the molecule is O=C(NCc1ccccc1)N1CCCC2=C[C@H]3C[C@@H](CN4CCCCC34)C21. The van der Waals surface area contributed by atoms with Crippen LogP contribution in [0, 0.1) is 11.8 Å². The highest BCUT2D eigenvalue weighted by molar-refractivity contribution is 5.75. The van der Waals surface area contributed by atoms with Gasteiger partial charge in [0.1, 0.15) is 0 Å². The summed E-state index contributed by atoms with van der Waals surface area (Å²) in [6, 6.07) is 11.4. The summed E-state index contributed by atoms with van der Waals surface area (Å²) in [7, 11) is 0. The van der Waals surface area contributed by atoms with Gasteiger partial charge in [-0.1, -0.05) is 48.4 Å². The lowest BCUT2D eigenvalue weighted by Gasteiger charge is -2.54. The Hall–Kier alpha value is -1.81. The first-order valence-corrected chi connectivity index (χ1v) is 10.8. The maximum absolute atomic E-state index is 13.0. The molecule has 3 saturated heterocycles. The first-order valence-electron chi connectivity index (χ1n) is 10.8. The molecule has 0 radical (unpaired) electrons. The maximum atomic E-state index is 13.0. The van der Waals surface area contributed by atoms with Gasteiger partial charge in [0, 0.05) is 25.7 Å². The minimum atomic E-state index is 0.119. The smallest absolute Gasteiger partial charge is 0.318 e. The number of hydrogen-bond acceptors (Lipinski definition) is 2. The molecule has 3 heterocycles. The summed E-state index contributed by atoms with van der Waals surface area (Å²) in [6.07, 6.45) is 10.3. The summed E-state index contributed by atoms with van der Waals surface area (Å²) in [5.41, 5.74) is 2.72. The predicted molar refractivity (Wildman–Crippen MR) is 107 cm³/mol. The Labute approximate surface area is 162 Å². The van der Waals surface area contributed by atoms with E-state index < -0.39 is 0 Å². The number of hydrogen-bond donors (Lipinski definition) is 1. The van der Waals surface area contributed by atoms with Crippen LogP contribution in [0.2, 0.25) is 0 Å². The van der Waals surface area contributed by atoms with Gasteiger partial charge in [0.25, 0.3) is 0 Å². The van der Waals surface area contributed by atoms with Gasteiger partial charge in [0.2, 0.25) is 0 Å². The van der Waals surface area contributed by atoms with E-state index in [4.69, 9.17) is 0 Å². The molecule has 4 aliphatic rings. The third-order valence-electron chi connectivity index (χ3n) is 7.20. The van der Waals surface area contributed by atoms with E-state index in [0.717, 1.165) is 30.5 Å². The quantitative estimate of drug-likeness (QED) is 0.810. The zero-order valence-corrected chi connectivity index (χ0v) is 16.1. The fourth-order valence-corrected chi connectivity index (χ4v) is 6.08. The number of piperidine rings is 3. The Morgan fingerprint density at radius 2 is 2.00 bits per heavy atom. The summed E-state index contributed by atoms with van der Waals surface area (Å²) in [4.78, 5) is 17.9. The average molecular weight is 366 g/mol. The topological polar surface area (TPSA) is 35.6 Å².